The zero-order valence-electron chi connectivity index (χ0n) is 15.7. The number of amides is 1. The molecule has 4 rings (SSSR count). The van der Waals surface area contributed by atoms with Crippen molar-refractivity contribution in [2.24, 2.45) is 0 Å². The predicted octanol–water partition coefficient (Wildman–Crippen LogP) is 1.51. The van der Waals surface area contributed by atoms with Crippen LogP contribution in [-0.2, 0) is 17.9 Å². The van der Waals surface area contributed by atoms with E-state index >= 15 is 0 Å². The van der Waals surface area contributed by atoms with E-state index in [0.29, 0.717) is 43.7 Å². The lowest BCUT2D eigenvalue weighted by molar-refractivity contribution is -0.129. The first-order valence-corrected chi connectivity index (χ1v) is 9.62. The molecule has 0 bridgehead atoms. The summed E-state index contributed by atoms with van der Waals surface area (Å²) in [4.78, 5) is 25.1. The first kappa shape index (κ1) is 18.1. The number of carbonyl (C=O) groups is 1. The Hall–Kier alpha value is -2.32. The first-order valence-electron chi connectivity index (χ1n) is 9.62. The van der Waals surface area contributed by atoms with E-state index in [0.717, 1.165) is 31.5 Å². The van der Waals surface area contributed by atoms with Crippen LogP contribution in [0.1, 0.15) is 49.0 Å². The van der Waals surface area contributed by atoms with Gasteiger partial charge in [-0.05, 0) is 57.1 Å². The van der Waals surface area contributed by atoms with Crippen molar-refractivity contribution in [1.29, 1.82) is 0 Å². The molecule has 0 spiro atoms. The van der Waals surface area contributed by atoms with Gasteiger partial charge in [0.05, 0.1) is 6.54 Å². The Balaban J connectivity index is 1.37. The molecule has 4 heterocycles. The van der Waals surface area contributed by atoms with Gasteiger partial charge in [0.2, 0.25) is 11.8 Å². The van der Waals surface area contributed by atoms with Gasteiger partial charge >= 0.3 is 0 Å². The predicted molar refractivity (Wildman–Crippen MR) is 98.4 cm³/mol. The molecular formula is C19H26N6O2. The van der Waals surface area contributed by atoms with Crippen molar-refractivity contribution in [3.05, 3.63) is 41.8 Å². The highest BCUT2D eigenvalue weighted by atomic mass is 16.5. The average Bonchev–Trinajstić information content (AvgIpc) is 3.29. The van der Waals surface area contributed by atoms with Crippen LogP contribution < -0.4 is 5.32 Å². The maximum atomic E-state index is 12.3. The zero-order valence-corrected chi connectivity index (χ0v) is 15.7. The molecule has 2 fully saturated rings. The van der Waals surface area contributed by atoms with Gasteiger partial charge in [0.15, 0.2) is 5.82 Å². The lowest BCUT2D eigenvalue weighted by atomic mass is 10.1. The molecule has 144 valence electrons. The van der Waals surface area contributed by atoms with Gasteiger partial charge in [0, 0.05) is 31.4 Å². The minimum atomic E-state index is -0.143. The zero-order chi connectivity index (χ0) is 18.6. The third-order valence-electron chi connectivity index (χ3n) is 5.47. The van der Waals surface area contributed by atoms with Gasteiger partial charge in [-0.15, -0.1) is 0 Å². The average molecular weight is 370 g/mol. The van der Waals surface area contributed by atoms with Crippen molar-refractivity contribution in [1.82, 2.24) is 30.2 Å². The Morgan fingerprint density at radius 1 is 1.22 bits per heavy atom. The summed E-state index contributed by atoms with van der Waals surface area (Å²) in [7, 11) is 2.16. The number of rotatable bonds is 6. The molecule has 8 nitrogen and oxygen atoms in total. The maximum Gasteiger partial charge on any atom is 0.249 e. The van der Waals surface area contributed by atoms with Crippen molar-refractivity contribution in [3.8, 4) is 0 Å². The van der Waals surface area contributed by atoms with Crippen LogP contribution in [0.4, 0.5) is 0 Å². The summed E-state index contributed by atoms with van der Waals surface area (Å²) in [5.74, 6) is 1.32. The molecule has 2 aliphatic rings. The molecule has 2 saturated heterocycles. The summed E-state index contributed by atoms with van der Waals surface area (Å²) >= 11 is 0. The number of likely N-dealkylation sites (tertiary alicyclic amines) is 2. The van der Waals surface area contributed by atoms with Crippen molar-refractivity contribution >= 4 is 5.91 Å². The lowest BCUT2D eigenvalue weighted by Gasteiger charge is -2.29. The Morgan fingerprint density at radius 2 is 2.00 bits per heavy atom. The molecule has 0 unspecified atom stereocenters. The van der Waals surface area contributed by atoms with Gasteiger partial charge in [-0.25, -0.2) is 0 Å². The van der Waals surface area contributed by atoms with Crippen LogP contribution in [0.15, 0.2) is 29.0 Å². The van der Waals surface area contributed by atoms with E-state index < -0.39 is 0 Å². The van der Waals surface area contributed by atoms with Crippen LogP contribution in [-0.4, -0.2) is 57.0 Å². The van der Waals surface area contributed by atoms with Crippen molar-refractivity contribution in [3.63, 3.8) is 0 Å². The number of piperidine rings is 1. The fourth-order valence-electron chi connectivity index (χ4n) is 3.80. The second-order valence-electron chi connectivity index (χ2n) is 7.44. The third kappa shape index (κ3) is 4.33. The van der Waals surface area contributed by atoms with Gasteiger partial charge in [0.25, 0.3) is 0 Å². The van der Waals surface area contributed by atoms with Crippen LogP contribution in [0.5, 0.6) is 0 Å². The molecule has 0 saturated carbocycles. The molecule has 1 amide bonds. The van der Waals surface area contributed by atoms with Crippen LogP contribution in [0, 0.1) is 0 Å². The Labute approximate surface area is 158 Å². The van der Waals surface area contributed by atoms with Crippen molar-refractivity contribution < 1.29 is 9.32 Å². The fourth-order valence-corrected chi connectivity index (χ4v) is 3.80. The van der Waals surface area contributed by atoms with Crippen LogP contribution in [0.3, 0.4) is 0 Å². The highest BCUT2D eigenvalue weighted by Gasteiger charge is 2.35. The van der Waals surface area contributed by atoms with Crippen LogP contribution in [0.25, 0.3) is 0 Å². The number of aromatic nitrogens is 3. The maximum absolute atomic E-state index is 12.3. The van der Waals surface area contributed by atoms with E-state index in [1.165, 1.54) is 0 Å². The highest BCUT2D eigenvalue weighted by Crippen LogP contribution is 2.33. The second-order valence-corrected chi connectivity index (χ2v) is 7.44. The molecule has 1 N–H and O–H groups in total. The number of pyridine rings is 1. The molecule has 0 radical (unpaired) electrons. The topological polar surface area (TPSA) is 87.4 Å². The SMILES string of the molecule is CN1CCC(NCc2noc([C@@H]3CCC(=O)N3Cc3ccncc3)n2)CC1. The number of nitrogens with one attached hydrogen (secondary N) is 1. The van der Waals surface area contributed by atoms with E-state index in [9.17, 15) is 4.79 Å². The quantitative estimate of drug-likeness (QED) is 0.825. The van der Waals surface area contributed by atoms with Crippen LogP contribution >= 0.6 is 0 Å². The van der Waals surface area contributed by atoms with E-state index in [-0.39, 0.29) is 11.9 Å². The minimum Gasteiger partial charge on any atom is -0.337 e. The molecule has 1 atom stereocenters. The Bertz CT molecular complexity index is 757. The first-order chi connectivity index (χ1) is 13.2. The molecule has 2 aromatic rings. The standard InChI is InChI=1S/C19H26N6O2/c1-24-10-6-15(7-11-24)21-12-17-22-19(27-23-17)16-2-3-18(26)25(16)13-14-4-8-20-9-5-14/h4-5,8-9,15-16,21H,2-3,6-7,10-13H2,1H3/t16-/m0/s1. The molecule has 27 heavy (non-hydrogen) atoms. The Kier molecular flexibility index (Phi) is 5.45. The number of carbonyl (C=O) groups excluding carboxylic acids is 1. The normalized spacial score (nSPS) is 21.9. The summed E-state index contributed by atoms with van der Waals surface area (Å²) in [6, 6.07) is 4.20. The number of nitrogens with zero attached hydrogens (tertiary/aromatic N) is 5. The van der Waals surface area contributed by atoms with E-state index in [1.54, 1.807) is 12.4 Å². The van der Waals surface area contributed by atoms with Crippen LogP contribution in [0.2, 0.25) is 0 Å². The van der Waals surface area contributed by atoms with Crippen molar-refractivity contribution in [2.45, 2.75) is 50.9 Å². The second kappa shape index (κ2) is 8.14. The van der Waals surface area contributed by atoms with Gasteiger partial charge < -0.3 is 19.6 Å². The lowest BCUT2D eigenvalue weighted by Crippen LogP contribution is -2.40. The smallest absolute Gasteiger partial charge is 0.249 e. The summed E-state index contributed by atoms with van der Waals surface area (Å²) in [6.07, 6.45) is 6.99. The summed E-state index contributed by atoms with van der Waals surface area (Å²) < 4.78 is 5.51. The van der Waals surface area contributed by atoms with Crippen molar-refractivity contribution in [2.75, 3.05) is 20.1 Å². The minimum absolute atomic E-state index is 0.126. The summed E-state index contributed by atoms with van der Waals surface area (Å²) in [5.41, 5.74) is 1.05. The Morgan fingerprint density at radius 3 is 2.78 bits per heavy atom. The fraction of sp³-hybridized carbons (Fsp3) is 0.579. The molecule has 2 aliphatic heterocycles. The summed E-state index contributed by atoms with van der Waals surface area (Å²) in [6.45, 7) is 3.37. The monoisotopic (exact) mass is 370 g/mol. The van der Waals surface area contributed by atoms with Gasteiger partial charge in [0.1, 0.15) is 6.04 Å². The molecule has 8 heteroatoms. The molecule has 0 aromatic carbocycles. The van der Waals surface area contributed by atoms with E-state index in [1.807, 2.05) is 17.0 Å². The van der Waals surface area contributed by atoms with Gasteiger partial charge in [-0.3, -0.25) is 9.78 Å². The van der Waals surface area contributed by atoms with Gasteiger partial charge in [-0.1, -0.05) is 5.16 Å². The number of hydrogen-bond acceptors (Lipinski definition) is 7. The number of hydrogen-bond donors (Lipinski definition) is 1. The van der Waals surface area contributed by atoms with E-state index in [2.05, 4.69) is 32.4 Å². The molecule has 2 aromatic heterocycles. The largest absolute Gasteiger partial charge is 0.337 e. The highest BCUT2D eigenvalue weighted by molar-refractivity contribution is 5.78. The molecule has 0 aliphatic carbocycles. The third-order valence-corrected chi connectivity index (χ3v) is 5.47. The van der Waals surface area contributed by atoms with E-state index in [4.69, 9.17) is 4.52 Å². The summed E-state index contributed by atoms with van der Waals surface area (Å²) in [5, 5.41) is 7.64. The molecular weight excluding hydrogens is 344 g/mol. The van der Waals surface area contributed by atoms with Gasteiger partial charge in [-0.2, -0.15) is 4.98 Å².